The van der Waals surface area contributed by atoms with Gasteiger partial charge in [0.15, 0.2) is 0 Å². The number of aliphatic hydroxyl groups is 1. The van der Waals surface area contributed by atoms with Crippen LogP contribution >= 0.6 is 11.8 Å². The number of carbonyl (C=O) groups is 3. The molecule has 4 heterocycles. The number of nitrogens with zero attached hydrogens (tertiary/aromatic N) is 4. The number of thioether (sulfide) groups is 1. The summed E-state index contributed by atoms with van der Waals surface area (Å²) in [6.07, 6.45) is 5.80. The van der Waals surface area contributed by atoms with Gasteiger partial charge in [-0.05, 0) is 26.2 Å². The predicted octanol–water partition coefficient (Wildman–Crippen LogP) is 1.23. The van der Waals surface area contributed by atoms with E-state index >= 15 is 0 Å². The van der Waals surface area contributed by atoms with Crippen LogP contribution in [0.25, 0.3) is 0 Å². The maximum Gasteiger partial charge on any atom is 0.247 e. The topological polar surface area (TPSA) is 93.6 Å². The Kier molecular flexibility index (Phi) is 9.60. The third-order valence-corrected chi connectivity index (χ3v) is 10.6. The van der Waals surface area contributed by atoms with Gasteiger partial charge in [-0.15, -0.1) is 24.9 Å². The lowest BCUT2D eigenvalue weighted by atomic mass is 9.70. The van der Waals surface area contributed by atoms with Crippen molar-refractivity contribution in [1.82, 2.24) is 19.6 Å². The van der Waals surface area contributed by atoms with Crippen molar-refractivity contribution in [2.75, 3.05) is 65.6 Å². The minimum atomic E-state index is -0.710. The van der Waals surface area contributed by atoms with Crippen LogP contribution < -0.4 is 0 Å². The Hall–Kier alpha value is -1.88. The fourth-order valence-corrected chi connectivity index (χ4v) is 9.04. The second kappa shape index (κ2) is 12.5. The first-order valence-corrected chi connectivity index (χ1v) is 14.9. The molecule has 10 heteroatoms. The van der Waals surface area contributed by atoms with Crippen molar-refractivity contribution in [1.29, 1.82) is 0 Å². The normalized spacial score (nSPS) is 31.2. The van der Waals surface area contributed by atoms with Crippen LogP contribution in [-0.4, -0.2) is 130 Å². The Morgan fingerprint density at radius 2 is 1.84 bits per heavy atom. The van der Waals surface area contributed by atoms with E-state index in [2.05, 4.69) is 18.1 Å². The third kappa shape index (κ3) is 5.17. The Labute approximate surface area is 231 Å². The molecule has 0 aromatic heterocycles. The number of fused-ring (bicyclic) bond motifs is 1. The highest BCUT2D eigenvalue weighted by Gasteiger charge is 2.74. The molecule has 0 aliphatic carbocycles. The molecule has 0 saturated carbocycles. The zero-order valence-corrected chi connectivity index (χ0v) is 23.7. The Bertz CT molecular complexity index is 912. The molecule has 0 aromatic carbocycles. The van der Waals surface area contributed by atoms with Gasteiger partial charge in [0.2, 0.25) is 17.7 Å². The highest BCUT2D eigenvalue weighted by Crippen LogP contribution is 2.67. The minimum Gasteiger partial charge on any atom is -0.394 e. The molecule has 3 amide bonds. The first kappa shape index (κ1) is 29.1. The second-order valence-corrected chi connectivity index (χ2v) is 12.5. The fraction of sp³-hybridized carbons (Fsp3) is 0.750. The SMILES string of the molecule is C=CCN(CCN1CCOCC1)C(=O)C1N([C@H](C)CO)C(=O)[C@@H]2[C@@H](C(=O)N(CC=C)CCC)[C@H]3CCC12S3. The first-order valence-electron chi connectivity index (χ1n) is 14.0. The number of ether oxygens (including phenoxy) is 1. The van der Waals surface area contributed by atoms with Crippen molar-refractivity contribution in [3.05, 3.63) is 25.3 Å². The fourth-order valence-electron chi connectivity index (χ4n) is 6.85. The molecule has 1 spiro atoms. The summed E-state index contributed by atoms with van der Waals surface area (Å²) in [6.45, 7) is 17.0. The van der Waals surface area contributed by atoms with Gasteiger partial charge < -0.3 is 24.5 Å². The van der Waals surface area contributed by atoms with Crippen molar-refractivity contribution in [2.45, 2.75) is 55.2 Å². The maximum absolute atomic E-state index is 14.4. The Balaban J connectivity index is 1.65. The molecular formula is C28H44N4O5S. The molecule has 4 aliphatic rings. The van der Waals surface area contributed by atoms with Crippen LogP contribution in [0.15, 0.2) is 25.3 Å². The monoisotopic (exact) mass is 548 g/mol. The number of aliphatic hydroxyl groups excluding tert-OH is 1. The van der Waals surface area contributed by atoms with Crippen molar-refractivity contribution in [3.63, 3.8) is 0 Å². The second-order valence-electron chi connectivity index (χ2n) is 10.9. The standard InChI is InChI=1S/C28H44N4O5S/c1-5-10-30(11-6-2)25(34)22-21-8-9-28(38-21)23(22)26(35)32(20(4)19-33)24(28)27(36)31(12-7-3)14-13-29-15-17-37-18-16-29/h5,7,20-24,33H,1,3,6,8-19H2,2,4H3/t20-,21-,22+,23+,24?,28?/m1/s1. The number of hydrogen-bond donors (Lipinski definition) is 1. The average molecular weight is 549 g/mol. The lowest BCUT2D eigenvalue weighted by molar-refractivity contribution is -0.146. The molecule has 4 aliphatic heterocycles. The molecule has 6 atom stereocenters. The highest BCUT2D eigenvalue weighted by molar-refractivity contribution is 8.02. The van der Waals surface area contributed by atoms with Crippen LogP contribution in [0.1, 0.15) is 33.1 Å². The Morgan fingerprint density at radius 3 is 2.45 bits per heavy atom. The van der Waals surface area contributed by atoms with Crippen molar-refractivity contribution >= 4 is 29.5 Å². The average Bonchev–Trinajstić information content (AvgIpc) is 3.57. The van der Waals surface area contributed by atoms with Crippen LogP contribution in [0.2, 0.25) is 0 Å². The van der Waals surface area contributed by atoms with Crippen LogP contribution in [0.5, 0.6) is 0 Å². The lowest BCUT2D eigenvalue weighted by Gasteiger charge is -2.39. The summed E-state index contributed by atoms with van der Waals surface area (Å²) >= 11 is 1.68. The van der Waals surface area contributed by atoms with E-state index in [-0.39, 0.29) is 29.6 Å². The molecule has 2 unspecified atom stereocenters. The quantitative estimate of drug-likeness (QED) is 0.346. The van der Waals surface area contributed by atoms with Gasteiger partial charge in [-0.3, -0.25) is 19.3 Å². The Morgan fingerprint density at radius 1 is 1.18 bits per heavy atom. The molecule has 2 bridgehead atoms. The van der Waals surface area contributed by atoms with Crippen molar-refractivity contribution < 1.29 is 24.2 Å². The van der Waals surface area contributed by atoms with E-state index in [0.29, 0.717) is 45.8 Å². The van der Waals surface area contributed by atoms with Crippen LogP contribution in [-0.2, 0) is 19.1 Å². The van der Waals surface area contributed by atoms with Crippen LogP contribution in [0.4, 0.5) is 0 Å². The number of likely N-dealkylation sites (tertiary alicyclic amines) is 1. The van der Waals surface area contributed by atoms with Gasteiger partial charge >= 0.3 is 0 Å². The van der Waals surface area contributed by atoms with Gasteiger partial charge in [0.1, 0.15) is 6.04 Å². The van der Waals surface area contributed by atoms with Gasteiger partial charge in [-0.2, -0.15) is 0 Å². The zero-order valence-electron chi connectivity index (χ0n) is 22.9. The van der Waals surface area contributed by atoms with E-state index in [9.17, 15) is 19.5 Å². The minimum absolute atomic E-state index is 0.0101. The summed E-state index contributed by atoms with van der Waals surface area (Å²) in [4.78, 5) is 49.9. The summed E-state index contributed by atoms with van der Waals surface area (Å²) in [5.74, 6) is -1.30. The number of carbonyl (C=O) groups excluding carboxylic acids is 3. The summed E-state index contributed by atoms with van der Waals surface area (Å²) in [5.41, 5.74) is 0. The van der Waals surface area contributed by atoms with E-state index in [1.54, 1.807) is 45.5 Å². The molecular weight excluding hydrogens is 504 g/mol. The number of morpholine rings is 1. The molecule has 4 rings (SSSR count). The molecule has 1 N–H and O–H groups in total. The molecule has 0 aromatic rings. The summed E-state index contributed by atoms with van der Waals surface area (Å²) < 4.78 is 4.80. The van der Waals surface area contributed by atoms with E-state index in [4.69, 9.17) is 4.74 Å². The smallest absolute Gasteiger partial charge is 0.247 e. The summed E-state index contributed by atoms with van der Waals surface area (Å²) in [6, 6.07) is -1.23. The zero-order chi connectivity index (χ0) is 27.4. The van der Waals surface area contributed by atoms with Gasteiger partial charge in [0, 0.05) is 51.1 Å². The summed E-state index contributed by atoms with van der Waals surface area (Å²) in [7, 11) is 0. The van der Waals surface area contributed by atoms with Gasteiger partial charge in [-0.1, -0.05) is 19.1 Å². The predicted molar refractivity (Wildman–Crippen MR) is 149 cm³/mol. The first-order chi connectivity index (χ1) is 18.3. The molecule has 4 saturated heterocycles. The van der Waals surface area contributed by atoms with E-state index < -0.39 is 28.7 Å². The number of rotatable bonds is 13. The largest absolute Gasteiger partial charge is 0.394 e. The van der Waals surface area contributed by atoms with E-state index in [0.717, 1.165) is 32.5 Å². The van der Waals surface area contributed by atoms with Gasteiger partial charge in [0.05, 0.1) is 42.4 Å². The molecule has 0 radical (unpaired) electrons. The number of hydrogen-bond acceptors (Lipinski definition) is 7. The highest BCUT2D eigenvalue weighted by atomic mass is 32.2. The van der Waals surface area contributed by atoms with Gasteiger partial charge in [0.25, 0.3) is 0 Å². The van der Waals surface area contributed by atoms with Crippen molar-refractivity contribution in [3.8, 4) is 0 Å². The van der Waals surface area contributed by atoms with Gasteiger partial charge in [-0.25, -0.2) is 0 Å². The summed E-state index contributed by atoms with van der Waals surface area (Å²) in [5, 5.41) is 10.1. The molecule has 4 fully saturated rings. The van der Waals surface area contributed by atoms with Crippen LogP contribution in [0, 0.1) is 11.8 Å². The molecule has 9 nitrogen and oxygen atoms in total. The number of amides is 3. The van der Waals surface area contributed by atoms with E-state index in [1.165, 1.54) is 0 Å². The molecule has 212 valence electrons. The van der Waals surface area contributed by atoms with Crippen LogP contribution in [0.3, 0.4) is 0 Å². The molecule has 38 heavy (non-hydrogen) atoms. The lowest BCUT2D eigenvalue weighted by Crippen LogP contribution is -2.58. The van der Waals surface area contributed by atoms with Crippen molar-refractivity contribution in [2.24, 2.45) is 11.8 Å². The van der Waals surface area contributed by atoms with E-state index in [1.807, 2.05) is 6.92 Å². The maximum atomic E-state index is 14.4. The third-order valence-electron chi connectivity index (χ3n) is 8.60.